The number of rotatable bonds is 3. The largest absolute Gasteiger partial charge is 0.398 e. The fourth-order valence-corrected chi connectivity index (χ4v) is 2.87. The number of nitrogen functional groups attached to an aromatic ring is 1. The molecular formula is C14H19BrN2O2. The molecule has 0 heterocycles. The standard InChI is InChI=1S/C14H19BrN2O2/c15-10-4-5-13(16)12(7-10)14(19)17-8-9-2-1-3-11(18)6-9/h4-5,7,9,11,18H,1-3,6,8,16H2,(H,17,19). The van der Waals surface area contributed by atoms with Gasteiger partial charge in [-0.25, -0.2) is 0 Å². The number of hydrogen-bond donors (Lipinski definition) is 3. The Bertz CT molecular complexity index is 465. The molecule has 0 bridgehead atoms. The molecule has 1 amide bonds. The summed E-state index contributed by atoms with van der Waals surface area (Å²) < 4.78 is 0.833. The highest BCUT2D eigenvalue weighted by Gasteiger charge is 2.21. The number of amides is 1. The first-order valence-electron chi connectivity index (χ1n) is 6.57. The molecule has 0 saturated heterocycles. The average Bonchev–Trinajstić information content (AvgIpc) is 2.39. The molecular weight excluding hydrogens is 308 g/mol. The zero-order valence-electron chi connectivity index (χ0n) is 10.7. The summed E-state index contributed by atoms with van der Waals surface area (Å²) >= 11 is 3.33. The Hall–Kier alpha value is -1.07. The minimum Gasteiger partial charge on any atom is -0.398 e. The number of anilines is 1. The average molecular weight is 327 g/mol. The van der Waals surface area contributed by atoms with E-state index in [1.165, 1.54) is 0 Å². The van der Waals surface area contributed by atoms with Crippen LogP contribution in [0.4, 0.5) is 5.69 Å². The Kier molecular flexibility index (Phi) is 4.82. The Balaban J connectivity index is 1.92. The summed E-state index contributed by atoms with van der Waals surface area (Å²) in [5.74, 6) is 0.208. The highest BCUT2D eigenvalue weighted by Crippen LogP contribution is 2.24. The first-order chi connectivity index (χ1) is 9.06. The predicted molar refractivity (Wildman–Crippen MR) is 78.9 cm³/mol. The van der Waals surface area contributed by atoms with Crippen LogP contribution in [0.25, 0.3) is 0 Å². The van der Waals surface area contributed by atoms with Crippen LogP contribution in [-0.4, -0.2) is 23.7 Å². The highest BCUT2D eigenvalue weighted by atomic mass is 79.9. The minimum atomic E-state index is -0.216. The van der Waals surface area contributed by atoms with Crippen LogP contribution in [0, 0.1) is 5.92 Å². The first kappa shape index (κ1) is 14.3. The lowest BCUT2D eigenvalue weighted by Gasteiger charge is -2.26. The molecule has 104 valence electrons. The highest BCUT2D eigenvalue weighted by molar-refractivity contribution is 9.10. The second-order valence-corrected chi connectivity index (χ2v) is 6.04. The van der Waals surface area contributed by atoms with Gasteiger partial charge in [0, 0.05) is 16.7 Å². The molecule has 2 rings (SSSR count). The molecule has 0 spiro atoms. The van der Waals surface area contributed by atoms with Crippen molar-refractivity contribution in [3.63, 3.8) is 0 Å². The second-order valence-electron chi connectivity index (χ2n) is 5.13. The smallest absolute Gasteiger partial charge is 0.253 e. The fourth-order valence-electron chi connectivity index (χ4n) is 2.51. The molecule has 4 nitrogen and oxygen atoms in total. The summed E-state index contributed by atoms with van der Waals surface area (Å²) in [6, 6.07) is 5.24. The van der Waals surface area contributed by atoms with Gasteiger partial charge in [0.1, 0.15) is 0 Å². The Labute approximate surface area is 121 Å². The second kappa shape index (κ2) is 6.39. The van der Waals surface area contributed by atoms with Crippen molar-refractivity contribution in [3.8, 4) is 0 Å². The maximum atomic E-state index is 12.1. The number of aliphatic hydroxyl groups excluding tert-OH is 1. The first-order valence-corrected chi connectivity index (χ1v) is 7.37. The number of nitrogens with one attached hydrogen (secondary N) is 1. The van der Waals surface area contributed by atoms with E-state index in [1.54, 1.807) is 12.1 Å². The number of aliphatic hydroxyl groups is 1. The van der Waals surface area contributed by atoms with E-state index >= 15 is 0 Å². The molecule has 0 radical (unpaired) electrons. The van der Waals surface area contributed by atoms with Gasteiger partial charge >= 0.3 is 0 Å². The molecule has 2 unspecified atom stereocenters. The van der Waals surface area contributed by atoms with Crippen LogP contribution in [0.5, 0.6) is 0 Å². The zero-order chi connectivity index (χ0) is 13.8. The van der Waals surface area contributed by atoms with E-state index in [4.69, 9.17) is 5.73 Å². The summed E-state index contributed by atoms with van der Waals surface area (Å²) in [6.07, 6.45) is 3.52. The van der Waals surface area contributed by atoms with E-state index in [2.05, 4.69) is 21.2 Å². The maximum absolute atomic E-state index is 12.1. The summed E-state index contributed by atoms with van der Waals surface area (Å²) in [7, 11) is 0. The van der Waals surface area contributed by atoms with Crippen molar-refractivity contribution in [3.05, 3.63) is 28.2 Å². The van der Waals surface area contributed by atoms with E-state index in [0.29, 0.717) is 23.7 Å². The molecule has 1 fully saturated rings. The van der Waals surface area contributed by atoms with E-state index in [1.807, 2.05) is 6.07 Å². The van der Waals surface area contributed by atoms with Crippen molar-refractivity contribution in [2.45, 2.75) is 31.8 Å². The van der Waals surface area contributed by atoms with Crippen LogP contribution >= 0.6 is 15.9 Å². The molecule has 1 aromatic carbocycles. The van der Waals surface area contributed by atoms with Crippen molar-refractivity contribution in [2.75, 3.05) is 12.3 Å². The lowest BCUT2D eigenvalue weighted by molar-refractivity contribution is 0.0874. The zero-order valence-corrected chi connectivity index (χ0v) is 12.3. The van der Waals surface area contributed by atoms with Gasteiger partial charge in [-0.15, -0.1) is 0 Å². The number of nitrogens with two attached hydrogens (primary N) is 1. The summed E-state index contributed by atoms with van der Waals surface area (Å²) in [5.41, 5.74) is 6.77. The van der Waals surface area contributed by atoms with Crippen molar-refractivity contribution in [1.29, 1.82) is 0 Å². The van der Waals surface area contributed by atoms with Gasteiger partial charge in [0.15, 0.2) is 0 Å². The lowest BCUT2D eigenvalue weighted by Crippen LogP contribution is -2.33. The van der Waals surface area contributed by atoms with Gasteiger partial charge in [-0.2, -0.15) is 0 Å². The van der Waals surface area contributed by atoms with Gasteiger partial charge < -0.3 is 16.2 Å². The third kappa shape index (κ3) is 3.94. The fraction of sp³-hybridized carbons (Fsp3) is 0.500. The Morgan fingerprint density at radius 2 is 2.26 bits per heavy atom. The van der Waals surface area contributed by atoms with Crippen LogP contribution in [0.1, 0.15) is 36.0 Å². The number of benzene rings is 1. The Morgan fingerprint density at radius 3 is 3.00 bits per heavy atom. The summed E-state index contributed by atoms with van der Waals surface area (Å²) in [4.78, 5) is 12.1. The molecule has 1 saturated carbocycles. The van der Waals surface area contributed by atoms with Crippen LogP contribution in [-0.2, 0) is 0 Å². The van der Waals surface area contributed by atoms with E-state index in [0.717, 1.165) is 30.2 Å². The third-order valence-corrected chi connectivity index (χ3v) is 4.06. The number of carbonyl (C=O) groups excluding carboxylic acids is 1. The molecule has 0 aromatic heterocycles. The van der Waals surface area contributed by atoms with Crippen molar-refractivity contribution >= 4 is 27.5 Å². The lowest BCUT2D eigenvalue weighted by atomic mass is 9.87. The molecule has 0 aliphatic heterocycles. The Morgan fingerprint density at radius 1 is 1.47 bits per heavy atom. The van der Waals surface area contributed by atoms with Gasteiger partial charge in [0.2, 0.25) is 0 Å². The van der Waals surface area contributed by atoms with E-state index in [-0.39, 0.29) is 12.0 Å². The summed E-state index contributed by atoms with van der Waals surface area (Å²) in [5, 5.41) is 12.5. The molecule has 1 aliphatic rings. The van der Waals surface area contributed by atoms with Crippen molar-refractivity contribution in [1.82, 2.24) is 5.32 Å². The minimum absolute atomic E-state index is 0.154. The van der Waals surface area contributed by atoms with E-state index < -0.39 is 0 Å². The summed E-state index contributed by atoms with van der Waals surface area (Å²) in [6.45, 7) is 0.599. The molecule has 1 aromatic rings. The van der Waals surface area contributed by atoms with Crippen molar-refractivity contribution in [2.24, 2.45) is 5.92 Å². The number of carbonyl (C=O) groups is 1. The SMILES string of the molecule is Nc1ccc(Br)cc1C(=O)NCC1CCCC(O)C1. The van der Waals surface area contributed by atoms with Crippen molar-refractivity contribution < 1.29 is 9.90 Å². The molecule has 4 N–H and O–H groups in total. The van der Waals surface area contributed by atoms with Gasteiger partial charge in [-0.3, -0.25) is 4.79 Å². The van der Waals surface area contributed by atoms with Gasteiger partial charge in [0.25, 0.3) is 5.91 Å². The van der Waals surface area contributed by atoms with Crippen LogP contribution < -0.4 is 11.1 Å². The number of halogens is 1. The van der Waals surface area contributed by atoms with Gasteiger partial charge in [-0.1, -0.05) is 22.4 Å². The quantitative estimate of drug-likeness (QED) is 0.746. The van der Waals surface area contributed by atoms with Crippen LogP contribution in [0.3, 0.4) is 0 Å². The maximum Gasteiger partial charge on any atom is 0.253 e. The molecule has 5 heteroatoms. The van der Waals surface area contributed by atoms with Gasteiger partial charge in [-0.05, 0) is 43.4 Å². The number of hydrogen-bond acceptors (Lipinski definition) is 3. The van der Waals surface area contributed by atoms with Gasteiger partial charge in [0.05, 0.1) is 11.7 Å². The topological polar surface area (TPSA) is 75.4 Å². The third-order valence-electron chi connectivity index (χ3n) is 3.57. The van der Waals surface area contributed by atoms with E-state index in [9.17, 15) is 9.90 Å². The molecule has 2 atom stereocenters. The monoisotopic (exact) mass is 326 g/mol. The van der Waals surface area contributed by atoms with Crippen LogP contribution in [0.2, 0.25) is 0 Å². The molecule has 19 heavy (non-hydrogen) atoms. The normalized spacial score (nSPS) is 23.1. The molecule has 1 aliphatic carbocycles. The van der Waals surface area contributed by atoms with Crippen LogP contribution in [0.15, 0.2) is 22.7 Å². The predicted octanol–water partition coefficient (Wildman–Crippen LogP) is 2.31.